The summed E-state index contributed by atoms with van der Waals surface area (Å²) in [5.41, 5.74) is 2.62. The van der Waals surface area contributed by atoms with Crippen LogP contribution in [0.3, 0.4) is 0 Å². The summed E-state index contributed by atoms with van der Waals surface area (Å²) in [4.78, 5) is 16.2. The van der Waals surface area contributed by atoms with Crippen LogP contribution in [0.1, 0.15) is 28.9 Å². The molecule has 26 heavy (non-hydrogen) atoms. The van der Waals surface area contributed by atoms with Crippen molar-refractivity contribution in [1.82, 2.24) is 10.3 Å². The van der Waals surface area contributed by atoms with Crippen LogP contribution >= 0.6 is 0 Å². The second-order valence-corrected chi connectivity index (χ2v) is 5.90. The number of hydrogen-bond donors (Lipinski definition) is 1. The molecule has 0 aliphatic heterocycles. The van der Waals surface area contributed by atoms with Gasteiger partial charge in [-0.2, -0.15) is 0 Å². The first kappa shape index (κ1) is 17.6. The second-order valence-electron chi connectivity index (χ2n) is 5.90. The number of pyridine rings is 1. The van der Waals surface area contributed by atoms with E-state index in [4.69, 9.17) is 4.74 Å². The molecular weight excluding hydrogens is 331 g/mol. The number of benzene rings is 2. The van der Waals surface area contributed by atoms with Gasteiger partial charge in [-0.1, -0.05) is 24.3 Å². The van der Waals surface area contributed by atoms with Crippen molar-refractivity contribution in [3.05, 3.63) is 83.9 Å². The number of methoxy groups -OCH3 is 1. The summed E-state index contributed by atoms with van der Waals surface area (Å²) in [7, 11) is 1.61. The summed E-state index contributed by atoms with van der Waals surface area (Å²) in [5, 5.41) is 2.96. The minimum absolute atomic E-state index is 0.171. The Morgan fingerprint density at radius 3 is 2.62 bits per heavy atom. The SMILES string of the molecule is COc1cccc(C(C)NC(=O)c2ccc(-c3ccncc3F)cc2)c1. The first-order valence-corrected chi connectivity index (χ1v) is 8.23. The standard InChI is InChI=1S/C21H19FN2O2/c1-14(17-4-3-5-18(12-17)26-2)24-21(25)16-8-6-15(7-9-16)19-10-11-23-13-20(19)22/h3-14H,1-2H3,(H,24,25). The van der Waals surface area contributed by atoms with E-state index < -0.39 is 5.82 Å². The number of rotatable bonds is 5. The largest absolute Gasteiger partial charge is 0.497 e. The third-order valence-electron chi connectivity index (χ3n) is 4.17. The molecule has 0 radical (unpaired) electrons. The lowest BCUT2D eigenvalue weighted by Gasteiger charge is -2.15. The Labute approximate surface area is 151 Å². The van der Waals surface area contributed by atoms with Crippen LogP contribution in [0.15, 0.2) is 67.0 Å². The molecule has 0 spiro atoms. The topological polar surface area (TPSA) is 51.2 Å². The molecule has 0 aliphatic carbocycles. The smallest absolute Gasteiger partial charge is 0.251 e. The third-order valence-corrected chi connectivity index (χ3v) is 4.17. The molecule has 1 aromatic heterocycles. The molecule has 1 amide bonds. The first-order chi connectivity index (χ1) is 12.6. The Balaban J connectivity index is 1.73. The van der Waals surface area contributed by atoms with Gasteiger partial charge in [0.15, 0.2) is 0 Å². The summed E-state index contributed by atoms with van der Waals surface area (Å²) in [5.74, 6) is 0.158. The molecule has 0 saturated carbocycles. The van der Waals surface area contributed by atoms with Gasteiger partial charge in [0.1, 0.15) is 11.6 Å². The van der Waals surface area contributed by atoms with E-state index in [-0.39, 0.29) is 11.9 Å². The molecule has 3 aromatic rings. The first-order valence-electron chi connectivity index (χ1n) is 8.23. The van der Waals surface area contributed by atoms with Crippen molar-refractivity contribution < 1.29 is 13.9 Å². The Kier molecular flexibility index (Phi) is 5.27. The third kappa shape index (κ3) is 3.88. The number of halogens is 1. The van der Waals surface area contributed by atoms with E-state index >= 15 is 0 Å². The van der Waals surface area contributed by atoms with Crippen LogP contribution in [0.5, 0.6) is 5.75 Å². The molecule has 1 unspecified atom stereocenters. The van der Waals surface area contributed by atoms with E-state index in [2.05, 4.69) is 10.3 Å². The zero-order chi connectivity index (χ0) is 18.5. The van der Waals surface area contributed by atoms with Gasteiger partial charge < -0.3 is 10.1 Å². The monoisotopic (exact) mass is 350 g/mol. The lowest BCUT2D eigenvalue weighted by molar-refractivity contribution is 0.0940. The molecule has 0 saturated heterocycles. The number of carbonyl (C=O) groups is 1. The molecule has 1 N–H and O–H groups in total. The van der Waals surface area contributed by atoms with Crippen molar-refractivity contribution in [2.75, 3.05) is 7.11 Å². The van der Waals surface area contributed by atoms with E-state index in [1.54, 1.807) is 37.4 Å². The Morgan fingerprint density at radius 2 is 1.92 bits per heavy atom. The number of aromatic nitrogens is 1. The van der Waals surface area contributed by atoms with Gasteiger partial charge in [-0.15, -0.1) is 0 Å². The lowest BCUT2D eigenvalue weighted by atomic mass is 10.0. The highest BCUT2D eigenvalue weighted by molar-refractivity contribution is 5.95. The number of carbonyl (C=O) groups excluding carboxylic acids is 1. The van der Waals surface area contributed by atoms with Gasteiger partial charge in [-0.3, -0.25) is 9.78 Å². The van der Waals surface area contributed by atoms with E-state index in [1.807, 2.05) is 31.2 Å². The summed E-state index contributed by atoms with van der Waals surface area (Å²) < 4.78 is 19.0. The number of amides is 1. The summed E-state index contributed by atoms with van der Waals surface area (Å²) in [6, 6.07) is 15.8. The molecule has 1 atom stereocenters. The molecule has 5 heteroatoms. The highest BCUT2D eigenvalue weighted by atomic mass is 19.1. The number of nitrogens with one attached hydrogen (secondary N) is 1. The zero-order valence-electron chi connectivity index (χ0n) is 14.6. The molecule has 4 nitrogen and oxygen atoms in total. The van der Waals surface area contributed by atoms with Gasteiger partial charge in [0.25, 0.3) is 5.91 Å². The average molecular weight is 350 g/mol. The van der Waals surface area contributed by atoms with Crippen molar-refractivity contribution in [2.45, 2.75) is 13.0 Å². The van der Waals surface area contributed by atoms with Crippen molar-refractivity contribution >= 4 is 5.91 Å². The minimum atomic E-state index is -0.392. The van der Waals surface area contributed by atoms with Crippen LogP contribution < -0.4 is 10.1 Å². The van der Waals surface area contributed by atoms with Gasteiger partial charge in [-0.25, -0.2) is 4.39 Å². The van der Waals surface area contributed by atoms with Crippen LogP contribution in [0.4, 0.5) is 4.39 Å². The highest BCUT2D eigenvalue weighted by Crippen LogP contribution is 2.23. The zero-order valence-corrected chi connectivity index (χ0v) is 14.6. The van der Waals surface area contributed by atoms with E-state index in [0.717, 1.165) is 11.3 Å². The molecule has 1 heterocycles. The Morgan fingerprint density at radius 1 is 1.15 bits per heavy atom. The van der Waals surface area contributed by atoms with Crippen LogP contribution in [-0.4, -0.2) is 18.0 Å². The Bertz CT molecular complexity index is 910. The van der Waals surface area contributed by atoms with Crippen molar-refractivity contribution in [2.24, 2.45) is 0 Å². The van der Waals surface area contributed by atoms with Crippen LogP contribution in [0.2, 0.25) is 0 Å². The molecule has 0 aliphatic rings. The van der Waals surface area contributed by atoms with Crippen LogP contribution in [0.25, 0.3) is 11.1 Å². The van der Waals surface area contributed by atoms with Gasteiger partial charge in [-0.05, 0) is 48.4 Å². The molecule has 2 aromatic carbocycles. The van der Waals surface area contributed by atoms with Crippen molar-refractivity contribution in [3.63, 3.8) is 0 Å². The number of hydrogen-bond acceptors (Lipinski definition) is 3. The van der Waals surface area contributed by atoms with Gasteiger partial charge in [0.2, 0.25) is 0 Å². The fourth-order valence-electron chi connectivity index (χ4n) is 2.68. The molecule has 0 bridgehead atoms. The number of ether oxygens (including phenoxy) is 1. The van der Waals surface area contributed by atoms with Crippen molar-refractivity contribution in [1.29, 1.82) is 0 Å². The predicted octanol–water partition coefficient (Wildman–Crippen LogP) is 4.39. The fraction of sp³-hybridized carbons (Fsp3) is 0.143. The predicted molar refractivity (Wildman–Crippen MR) is 98.5 cm³/mol. The van der Waals surface area contributed by atoms with Gasteiger partial charge >= 0.3 is 0 Å². The molecule has 0 fully saturated rings. The maximum atomic E-state index is 13.8. The number of nitrogens with zero attached hydrogens (tertiary/aromatic N) is 1. The van der Waals surface area contributed by atoms with Crippen LogP contribution in [-0.2, 0) is 0 Å². The van der Waals surface area contributed by atoms with E-state index in [9.17, 15) is 9.18 Å². The maximum Gasteiger partial charge on any atom is 0.251 e. The van der Waals surface area contributed by atoms with Gasteiger partial charge in [0.05, 0.1) is 19.3 Å². The average Bonchev–Trinajstić information content (AvgIpc) is 2.68. The molecule has 132 valence electrons. The summed E-state index contributed by atoms with van der Waals surface area (Å²) >= 11 is 0. The van der Waals surface area contributed by atoms with Crippen molar-refractivity contribution in [3.8, 4) is 16.9 Å². The second kappa shape index (κ2) is 7.78. The molecule has 3 rings (SSSR count). The summed E-state index contributed by atoms with van der Waals surface area (Å²) in [6.45, 7) is 1.91. The quantitative estimate of drug-likeness (QED) is 0.743. The minimum Gasteiger partial charge on any atom is -0.497 e. The Hall–Kier alpha value is -3.21. The maximum absolute atomic E-state index is 13.8. The normalized spacial score (nSPS) is 11.7. The lowest BCUT2D eigenvalue weighted by Crippen LogP contribution is -2.26. The molecular formula is C21H19FN2O2. The summed E-state index contributed by atoms with van der Waals surface area (Å²) in [6.07, 6.45) is 2.71. The highest BCUT2D eigenvalue weighted by Gasteiger charge is 2.13. The van der Waals surface area contributed by atoms with Gasteiger partial charge in [0, 0.05) is 17.3 Å². The van der Waals surface area contributed by atoms with E-state index in [0.29, 0.717) is 16.7 Å². The van der Waals surface area contributed by atoms with E-state index in [1.165, 1.54) is 12.4 Å². The fourth-order valence-corrected chi connectivity index (χ4v) is 2.68. The van der Waals surface area contributed by atoms with Crippen LogP contribution in [0, 0.1) is 5.82 Å².